The molecule has 1 aromatic carbocycles. The van der Waals surface area contributed by atoms with Crippen LogP contribution in [0.5, 0.6) is 0 Å². The average Bonchev–Trinajstić information content (AvgIpc) is 1.53. The number of phosphoric ester groups is 1. The van der Waals surface area contributed by atoms with Crippen molar-refractivity contribution in [2.75, 3.05) is 13.2 Å². The summed E-state index contributed by atoms with van der Waals surface area (Å²) in [6, 6.07) is 2.78. The van der Waals surface area contributed by atoms with E-state index in [0.29, 0.717) is 50.9 Å². The van der Waals surface area contributed by atoms with Crippen LogP contribution in [0, 0.1) is 59.2 Å². The lowest BCUT2D eigenvalue weighted by molar-refractivity contribution is -0.743. The van der Waals surface area contributed by atoms with Crippen LogP contribution in [-0.2, 0) is 51.9 Å². The lowest BCUT2D eigenvalue weighted by Crippen LogP contribution is -2.56. The molecule has 7 amide bonds. The van der Waals surface area contributed by atoms with Crippen LogP contribution in [0.1, 0.15) is 150 Å². The summed E-state index contributed by atoms with van der Waals surface area (Å²) in [7, 11) is -5.06. The Morgan fingerprint density at radius 3 is 1.99 bits per heavy atom. The van der Waals surface area contributed by atoms with Crippen LogP contribution in [0.2, 0.25) is 0 Å². The number of rotatable bonds is 26. The Bertz CT molecular complexity index is 3540. The predicted octanol–water partition coefficient (Wildman–Crippen LogP) is 2.58. The van der Waals surface area contributed by atoms with Gasteiger partial charge in [-0.05, 0) is 108 Å². The van der Waals surface area contributed by atoms with Gasteiger partial charge in [0.1, 0.15) is 18.3 Å². The van der Waals surface area contributed by atoms with E-state index in [2.05, 4.69) is 15.6 Å². The number of aromatic nitrogens is 2. The van der Waals surface area contributed by atoms with E-state index in [4.69, 9.17) is 63.2 Å². The second-order valence-corrected chi connectivity index (χ2v) is 28.5. The maximum Gasteiger partial charge on any atom is 0.472 e. The number of aromatic amines is 1. The van der Waals surface area contributed by atoms with Crippen molar-refractivity contribution in [2.45, 2.75) is 189 Å². The van der Waals surface area contributed by atoms with Crippen LogP contribution in [0.3, 0.4) is 0 Å². The largest absolute Gasteiger partial charge is 0.472 e. The lowest BCUT2D eigenvalue weighted by Gasteiger charge is -2.48. The number of hydrogen-bond acceptors (Lipinski definition) is 17. The highest BCUT2D eigenvalue weighted by atomic mass is 31.2. The highest BCUT2D eigenvalue weighted by molar-refractivity contribution is 7.47. The normalized spacial score (nSPS) is 32.0. The second-order valence-electron chi connectivity index (χ2n) is 27.1. The number of aryl methyl sites for hydroxylation is 2. The number of nitrogens with one attached hydrogen (secondary N) is 3. The van der Waals surface area contributed by atoms with Crippen molar-refractivity contribution in [3.05, 3.63) is 63.9 Å². The standard InChI is InChI=1S/C62H90N13O14P/c1-29-20-39-40(21-30(29)2)75(28-70-39)57-52(84)53(41(27-76)87-57)89-90(85,86)88-31(3)26-69-49(83)18-19-59(8)37(22-46(66)80)56-62(11)61(10,25-48(68)82)36(14-17-45(65)79)51(74-62)33(5)55-60(9,24-47(67)81)34(12-15-43(63)77)38(71-55)23-42-58(6,7)35(13-16-44(64)78)50(72-42)32(4)54(59)73-56/h20-21,23,28,31,34-37,41,52-53,56-57,76,84H,12-19,22,24-27H2,1-11H3,(H15,63,64,65,66,67,68,69,71,72,73,74,77,78,79,80,81,82,83,85,86)/p+1/t31-,34-,35-,36-,37+,41-,52-,53-,56?,57+,59-,60+,61+,62+/m1/s1. The number of aliphatic imine (C=N–C) groups is 3. The van der Waals surface area contributed by atoms with Crippen LogP contribution < -0.4 is 49.6 Å². The van der Waals surface area contributed by atoms with Crippen LogP contribution in [0.4, 0.5) is 0 Å². The molecular weight excluding hydrogens is 1180 g/mol. The van der Waals surface area contributed by atoms with E-state index in [1.807, 2.05) is 87.4 Å². The number of carbonyl (C=O) groups is 7. The number of aliphatic hydroxyl groups excluding tert-OH is 2. The van der Waals surface area contributed by atoms with Crippen molar-refractivity contribution in [3.8, 4) is 0 Å². The molecule has 27 nitrogen and oxygen atoms in total. The number of nitrogens with two attached hydrogens (primary N) is 6. The summed E-state index contributed by atoms with van der Waals surface area (Å²) in [6.07, 6.45) is -4.04. The number of carbonyl (C=O) groups excluding carboxylic acids is 7. The van der Waals surface area contributed by atoms with Gasteiger partial charge in [0.25, 0.3) is 0 Å². The molecule has 28 heteroatoms. The number of H-pyrrole nitrogens is 1. The number of ether oxygens (including phenoxy) is 1. The second kappa shape index (κ2) is 25.6. The number of allylic oxidation sites excluding steroid dienone is 6. The molecule has 492 valence electrons. The van der Waals surface area contributed by atoms with Gasteiger partial charge in [-0.25, -0.2) is 9.55 Å². The number of primary amides is 6. The van der Waals surface area contributed by atoms with Gasteiger partial charge in [-0.15, -0.1) is 0 Å². The number of benzene rings is 1. The number of imidazole rings is 1. The summed E-state index contributed by atoms with van der Waals surface area (Å²) in [5, 5.41) is 28.2. The molecule has 2 saturated heterocycles. The van der Waals surface area contributed by atoms with Gasteiger partial charge < -0.3 is 64.9 Å². The van der Waals surface area contributed by atoms with E-state index in [1.165, 1.54) is 6.92 Å². The topological polar surface area (TPSA) is 462 Å². The van der Waals surface area contributed by atoms with E-state index in [0.717, 1.165) is 16.6 Å². The van der Waals surface area contributed by atoms with E-state index in [-0.39, 0.29) is 77.2 Å². The molecule has 2 unspecified atom stereocenters. The van der Waals surface area contributed by atoms with E-state index >= 15 is 0 Å². The van der Waals surface area contributed by atoms with Crippen molar-refractivity contribution in [1.29, 1.82) is 0 Å². The van der Waals surface area contributed by atoms with Crippen molar-refractivity contribution in [3.63, 3.8) is 0 Å². The molecule has 18 N–H and O–H groups in total. The van der Waals surface area contributed by atoms with Gasteiger partial charge in [0, 0.05) is 131 Å². The maximum atomic E-state index is 14.4. The first kappa shape index (κ1) is 68.9. The highest BCUT2D eigenvalue weighted by Gasteiger charge is 2.66. The lowest BCUT2D eigenvalue weighted by atomic mass is 9.55. The third-order valence-corrected chi connectivity index (χ3v) is 21.8. The van der Waals surface area contributed by atoms with Crippen molar-refractivity contribution < 1.29 is 71.6 Å². The van der Waals surface area contributed by atoms with Gasteiger partial charge in [0.05, 0.1) is 24.3 Å². The van der Waals surface area contributed by atoms with Gasteiger partial charge in [0.2, 0.25) is 53.9 Å². The van der Waals surface area contributed by atoms with Gasteiger partial charge in [-0.2, -0.15) is 4.57 Å². The summed E-state index contributed by atoms with van der Waals surface area (Å²) >= 11 is 0. The highest BCUT2D eigenvalue weighted by Crippen LogP contribution is 2.62. The summed E-state index contributed by atoms with van der Waals surface area (Å²) in [6.45, 7) is 19.3. The fourth-order valence-corrected chi connectivity index (χ4v) is 16.7. The third-order valence-electron chi connectivity index (χ3n) is 20.7. The van der Waals surface area contributed by atoms with E-state index in [9.17, 15) is 53.2 Å². The molecule has 0 spiro atoms. The van der Waals surface area contributed by atoms with Crippen LogP contribution in [0.25, 0.3) is 11.0 Å². The zero-order valence-corrected chi connectivity index (χ0v) is 54.2. The monoisotopic (exact) mass is 1270 g/mol. The quantitative estimate of drug-likeness (QED) is 0.0476. The van der Waals surface area contributed by atoms with Crippen molar-refractivity contribution >= 4 is 77.3 Å². The van der Waals surface area contributed by atoms with Crippen LogP contribution in [-0.4, -0.2) is 128 Å². The fraction of sp³-hybridized carbons (Fsp3) is 0.629. The number of nitrogens with zero attached hydrogens (tertiary/aromatic N) is 4. The van der Waals surface area contributed by atoms with Gasteiger partial charge in [0.15, 0.2) is 11.0 Å². The van der Waals surface area contributed by atoms with E-state index in [1.54, 1.807) is 10.9 Å². The zero-order valence-electron chi connectivity index (χ0n) is 53.3. The molecule has 0 radical (unpaired) electrons. The Morgan fingerprint density at radius 2 is 1.40 bits per heavy atom. The molecular formula is C62H91N13O14P+. The summed E-state index contributed by atoms with van der Waals surface area (Å²) in [5.74, 6) is -7.17. The minimum atomic E-state index is -5.06. The van der Waals surface area contributed by atoms with Gasteiger partial charge in [-0.3, -0.25) is 57.6 Å². The molecule has 8 rings (SSSR count). The first-order valence-electron chi connectivity index (χ1n) is 30.6. The molecule has 15 atom stereocenters. The molecule has 2 fully saturated rings. The minimum absolute atomic E-state index is 0.00918. The first-order chi connectivity index (χ1) is 41.8. The summed E-state index contributed by atoms with van der Waals surface area (Å²) < 4.78 is 32.4. The van der Waals surface area contributed by atoms with Gasteiger partial charge in [-0.1, -0.05) is 34.6 Å². The number of aliphatic hydroxyl groups is 2. The Kier molecular flexibility index (Phi) is 19.6. The summed E-state index contributed by atoms with van der Waals surface area (Å²) in [5.41, 5.74) is 37.6. The van der Waals surface area contributed by atoms with E-state index < -0.39 is 143 Å². The molecule has 7 heterocycles. The number of phosphoric acid groups is 1. The first-order valence-corrected chi connectivity index (χ1v) is 32.1. The minimum Gasteiger partial charge on any atom is -0.394 e. The Morgan fingerprint density at radius 1 is 0.800 bits per heavy atom. The fourth-order valence-electron chi connectivity index (χ4n) is 15.5. The number of amides is 7. The molecule has 90 heavy (non-hydrogen) atoms. The molecule has 6 aliphatic heterocycles. The number of hydrogen-bond donors (Lipinski definition) is 12. The van der Waals surface area contributed by atoms with Crippen molar-refractivity contribution in [2.24, 2.45) is 94.7 Å². The predicted molar refractivity (Wildman–Crippen MR) is 332 cm³/mol. The van der Waals surface area contributed by atoms with Crippen LogP contribution >= 0.6 is 7.82 Å². The SMILES string of the molecule is CC1=C2N=C(C=C3NC(=C(C)C4=N[C@@](C)(C5N=C1[C@](C)(CCC(=O)NC[C@@H](C)OP(=O)(O)O[C@H]1[C@@H](O)[C@@H]([n+]6c[nH]c7cc(C)c(C)cc76)O[C@@H]1CO)[C@H]5CC(N)=O)[C@@](C)(CC(N)=O)[C@@H]4CCC(N)=O)[C@@](C)(CC(N)=O)[C@@H]3CCC(N)=O)C(C)(C)[C@@H]2CCC(N)=O. The Labute approximate surface area is 523 Å². The van der Waals surface area contributed by atoms with Gasteiger partial charge >= 0.3 is 7.82 Å². The molecule has 2 aromatic rings. The molecule has 6 aliphatic rings. The molecule has 0 saturated carbocycles. The Balaban J connectivity index is 1.19. The maximum absolute atomic E-state index is 14.4. The van der Waals surface area contributed by atoms with Crippen LogP contribution in [0.15, 0.2) is 67.8 Å². The average molecular weight is 1270 g/mol. The number of fused-ring (bicyclic) bond motifs is 7. The Hall–Kier alpha value is -7.00. The smallest absolute Gasteiger partial charge is 0.394 e. The summed E-state index contributed by atoms with van der Waals surface area (Å²) in [4.78, 5) is 124. The van der Waals surface area contributed by atoms with Crippen molar-refractivity contribution in [1.82, 2.24) is 15.6 Å². The third kappa shape index (κ3) is 13.0. The molecule has 1 aromatic heterocycles. The zero-order chi connectivity index (χ0) is 66.7. The molecule has 0 aliphatic carbocycles. The molecule has 8 bridgehead atoms.